The summed E-state index contributed by atoms with van der Waals surface area (Å²) in [4.78, 5) is 24.6. The van der Waals surface area contributed by atoms with Crippen LogP contribution in [0.15, 0.2) is 86.1 Å². The highest BCUT2D eigenvalue weighted by Gasteiger charge is 2.15. The first-order chi connectivity index (χ1) is 13.9. The minimum atomic E-state index is -0.423. The van der Waals surface area contributed by atoms with Crippen molar-refractivity contribution in [3.8, 4) is 0 Å². The lowest BCUT2D eigenvalue weighted by atomic mass is 10.2. The van der Waals surface area contributed by atoms with Crippen molar-refractivity contribution in [2.45, 2.75) is 16.7 Å². The van der Waals surface area contributed by atoms with Crippen molar-refractivity contribution in [3.63, 3.8) is 0 Å². The molecular weight excluding hydrogens is 454 g/mol. The van der Waals surface area contributed by atoms with Crippen LogP contribution in [-0.4, -0.2) is 17.0 Å². The average Bonchev–Trinajstić information content (AvgIpc) is 2.70. The maximum absolute atomic E-state index is 12.1. The molecular formula is C21H16BrN3O3S. The summed E-state index contributed by atoms with van der Waals surface area (Å²) < 4.78 is 0.784. The molecule has 0 aliphatic heterocycles. The third-order valence-corrected chi connectivity index (χ3v) is 5.46. The van der Waals surface area contributed by atoms with Crippen LogP contribution in [0.2, 0.25) is 0 Å². The highest BCUT2D eigenvalue weighted by Crippen LogP contribution is 2.35. The molecule has 3 aromatic rings. The second-order valence-electron chi connectivity index (χ2n) is 6.11. The van der Waals surface area contributed by atoms with Crippen molar-refractivity contribution in [1.29, 1.82) is 0 Å². The third-order valence-electron chi connectivity index (χ3n) is 3.90. The third kappa shape index (κ3) is 5.75. The number of benzene rings is 3. The maximum atomic E-state index is 12.1. The highest BCUT2D eigenvalue weighted by atomic mass is 79.9. The number of hydrogen-bond donors (Lipinski definition) is 1. The van der Waals surface area contributed by atoms with Gasteiger partial charge in [-0.1, -0.05) is 57.5 Å². The summed E-state index contributed by atoms with van der Waals surface area (Å²) in [7, 11) is 0. The molecule has 0 aliphatic carbocycles. The number of nitro benzene ring substituents is 1. The second kappa shape index (κ2) is 9.49. The van der Waals surface area contributed by atoms with Gasteiger partial charge in [-0.05, 0) is 43.3 Å². The number of rotatable bonds is 6. The summed E-state index contributed by atoms with van der Waals surface area (Å²) in [5.41, 5.74) is 4.49. The summed E-state index contributed by atoms with van der Waals surface area (Å²) >= 11 is 4.63. The Morgan fingerprint density at radius 2 is 1.90 bits per heavy atom. The summed E-state index contributed by atoms with van der Waals surface area (Å²) in [6.07, 6.45) is 1.38. The number of nitro groups is 1. The molecule has 0 radical (unpaired) electrons. The summed E-state index contributed by atoms with van der Waals surface area (Å²) in [6.45, 7) is 1.99. The van der Waals surface area contributed by atoms with Gasteiger partial charge in [-0.15, -0.1) is 0 Å². The van der Waals surface area contributed by atoms with Crippen molar-refractivity contribution in [2.24, 2.45) is 5.10 Å². The maximum Gasteiger partial charge on any atom is 0.283 e. The molecule has 1 amide bonds. The van der Waals surface area contributed by atoms with Gasteiger partial charge < -0.3 is 0 Å². The first-order valence-electron chi connectivity index (χ1n) is 8.54. The fourth-order valence-electron chi connectivity index (χ4n) is 2.44. The van der Waals surface area contributed by atoms with Crippen LogP contribution in [0.5, 0.6) is 0 Å². The Bertz CT molecular complexity index is 1080. The number of hydrogen-bond acceptors (Lipinski definition) is 5. The molecule has 146 valence electrons. The zero-order valence-corrected chi connectivity index (χ0v) is 17.7. The van der Waals surface area contributed by atoms with Crippen molar-refractivity contribution in [1.82, 2.24) is 5.43 Å². The minimum absolute atomic E-state index is 0.0159. The van der Waals surface area contributed by atoms with E-state index in [4.69, 9.17) is 0 Å². The number of carbonyl (C=O) groups is 1. The lowest BCUT2D eigenvalue weighted by Gasteiger charge is -2.05. The predicted molar refractivity (Wildman–Crippen MR) is 118 cm³/mol. The Hall–Kier alpha value is -2.97. The molecule has 0 heterocycles. The Labute approximate surface area is 180 Å². The molecule has 1 N–H and O–H groups in total. The first kappa shape index (κ1) is 20.8. The van der Waals surface area contributed by atoms with Gasteiger partial charge in [0.15, 0.2) is 0 Å². The van der Waals surface area contributed by atoms with Crippen LogP contribution >= 0.6 is 27.7 Å². The summed E-state index contributed by atoms with van der Waals surface area (Å²) in [5.74, 6) is -0.372. The summed E-state index contributed by atoms with van der Waals surface area (Å²) in [6, 6.07) is 19.5. The average molecular weight is 470 g/mol. The number of hydrazone groups is 1. The zero-order valence-electron chi connectivity index (χ0n) is 15.3. The number of carbonyl (C=O) groups excluding carboxylic acids is 1. The van der Waals surface area contributed by atoms with Gasteiger partial charge in [0.25, 0.3) is 11.6 Å². The number of halogens is 1. The topological polar surface area (TPSA) is 84.6 Å². The number of amides is 1. The molecule has 0 saturated heterocycles. The molecule has 8 heteroatoms. The van der Waals surface area contributed by atoms with E-state index in [0.717, 1.165) is 14.9 Å². The largest absolute Gasteiger partial charge is 0.283 e. The highest BCUT2D eigenvalue weighted by molar-refractivity contribution is 9.10. The van der Waals surface area contributed by atoms with Crippen molar-refractivity contribution in [3.05, 3.63) is 98.0 Å². The van der Waals surface area contributed by atoms with Crippen molar-refractivity contribution < 1.29 is 9.72 Å². The van der Waals surface area contributed by atoms with Crippen molar-refractivity contribution >= 4 is 45.5 Å². The molecule has 0 saturated carbocycles. The zero-order chi connectivity index (χ0) is 20.8. The predicted octanol–water partition coefficient (Wildman–Crippen LogP) is 5.58. The second-order valence-corrected chi connectivity index (χ2v) is 8.14. The summed E-state index contributed by atoms with van der Waals surface area (Å²) in [5, 5.41) is 15.4. The van der Waals surface area contributed by atoms with Gasteiger partial charge in [0.2, 0.25) is 0 Å². The van der Waals surface area contributed by atoms with E-state index in [2.05, 4.69) is 26.5 Å². The van der Waals surface area contributed by atoms with Crippen LogP contribution in [0.3, 0.4) is 0 Å². The van der Waals surface area contributed by atoms with E-state index < -0.39 is 4.92 Å². The van der Waals surface area contributed by atoms with E-state index in [0.29, 0.717) is 16.0 Å². The van der Waals surface area contributed by atoms with E-state index >= 15 is 0 Å². The standard InChI is InChI=1S/C21H16BrN3O3S/c1-14-5-8-18(9-6-14)29-20-10-7-15(11-19(20)25(27)28)13-23-24-21(26)16-3-2-4-17(22)12-16/h2-13H,1H3,(H,24,26). The Kier molecular flexibility index (Phi) is 6.79. The van der Waals surface area contributed by atoms with Crippen molar-refractivity contribution in [2.75, 3.05) is 0 Å². The smallest absolute Gasteiger partial charge is 0.267 e. The minimum Gasteiger partial charge on any atom is -0.267 e. The normalized spacial score (nSPS) is 10.8. The van der Waals surface area contributed by atoms with Gasteiger partial charge in [-0.2, -0.15) is 5.10 Å². The Morgan fingerprint density at radius 3 is 2.59 bits per heavy atom. The number of nitrogens with zero attached hydrogens (tertiary/aromatic N) is 2. The van der Waals surface area contributed by atoms with Gasteiger partial charge in [-0.25, -0.2) is 5.43 Å². The molecule has 0 unspecified atom stereocenters. The number of nitrogens with one attached hydrogen (secondary N) is 1. The monoisotopic (exact) mass is 469 g/mol. The van der Waals surface area contributed by atoms with E-state index in [1.54, 1.807) is 30.3 Å². The van der Waals surface area contributed by atoms with E-state index in [9.17, 15) is 14.9 Å². The fraction of sp³-hybridized carbons (Fsp3) is 0.0476. The van der Waals surface area contributed by atoms with Crippen LogP contribution in [0, 0.1) is 17.0 Å². The molecule has 0 spiro atoms. The lowest BCUT2D eigenvalue weighted by Crippen LogP contribution is -2.17. The molecule has 0 aromatic heterocycles. The van der Waals surface area contributed by atoms with Crippen LogP contribution in [0.25, 0.3) is 0 Å². The molecule has 0 aliphatic rings. The molecule has 29 heavy (non-hydrogen) atoms. The number of aryl methyl sites for hydroxylation is 1. The molecule has 0 bridgehead atoms. The van der Waals surface area contributed by atoms with Gasteiger partial charge in [0, 0.05) is 26.6 Å². The molecule has 0 fully saturated rings. The lowest BCUT2D eigenvalue weighted by molar-refractivity contribution is -0.387. The van der Waals surface area contributed by atoms with E-state index in [-0.39, 0.29) is 11.6 Å². The quantitative estimate of drug-likeness (QED) is 0.290. The fourth-order valence-corrected chi connectivity index (χ4v) is 3.74. The van der Waals surface area contributed by atoms with Gasteiger partial charge in [-0.3, -0.25) is 14.9 Å². The molecule has 3 rings (SSSR count). The van der Waals surface area contributed by atoms with Crippen LogP contribution in [0.4, 0.5) is 5.69 Å². The Balaban J connectivity index is 1.74. The SMILES string of the molecule is Cc1ccc(Sc2ccc(C=NNC(=O)c3cccc(Br)c3)cc2[N+](=O)[O-])cc1. The van der Waals surface area contributed by atoms with Gasteiger partial charge in [0.1, 0.15) is 0 Å². The van der Waals surface area contributed by atoms with Crippen LogP contribution < -0.4 is 5.43 Å². The van der Waals surface area contributed by atoms with Gasteiger partial charge in [0.05, 0.1) is 16.0 Å². The van der Waals surface area contributed by atoms with Gasteiger partial charge >= 0.3 is 0 Å². The van der Waals surface area contributed by atoms with Crippen LogP contribution in [0.1, 0.15) is 21.5 Å². The first-order valence-corrected chi connectivity index (χ1v) is 10.2. The molecule has 3 aromatic carbocycles. The molecule has 6 nitrogen and oxygen atoms in total. The van der Waals surface area contributed by atoms with E-state index in [1.165, 1.54) is 24.0 Å². The molecule has 0 atom stereocenters. The Morgan fingerprint density at radius 1 is 1.14 bits per heavy atom. The van der Waals surface area contributed by atoms with E-state index in [1.807, 2.05) is 37.3 Å². The van der Waals surface area contributed by atoms with Crippen LogP contribution in [-0.2, 0) is 0 Å².